The number of aliphatic carboxylic acids is 1. The predicted molar refractivity (Wildman–Crippen MR) is 70.9 cm³/mol. The highest BCUT2D eigenvalue weighted by molar-refractivity contribution is 5.78. The van der Waals surface area contributed by atoms with E-state index in [2.05, 4.69) is 5.32 Å². The molecule has 19 heavy (non-hydrogen) atoms. The number of urea groups is 1. The number of aliphatic hydroxyl groups excluding tert-OH is 1. The monoisotopic (exact) mass is 272 g/mol. The van der Waals surface area contributed by atoms with Crippen LogP contribution in [0.15, 0.2) is 0 Å². The lowest BCUT2D eigenvalue weighted by atomic mass is 9.82. The van der Waals surface area contributed by atoms with Crippen LogP contribution < -0.4 is 5.32 Å². The molecule has 0 aromatic rings. The molecule has 0 aromatic carbocycles. The van der Waals surface area contributed by atoms with E-state index in [1.54, 1.807) is 4.90 Å². The molecule has 0 aliphatic carbocycles. The second-order valence-electron chi connectivity index (χ2n) is 5.12. The summed E-state index contributed by atoms with van der Waals surface area (Å²) in [5.41, 5.74) is -0.899. The molecule has 2 amide bonds. The highest BCUT2D eigenvalue weighted by Crippen LogP contribution is 2.26. The Balaban J connectivity index is 2.59. The largest absolute Gasteiger partial charge is 0.481 e. The smallest absolute Gasteiger partial charge is 0.317 e. The van der Waals surface area contributed by atoms with Gasteiger partial charge < -0.3 is 20.4 Å². The zero-order valence-corrected chi connectivity index (χ0v) is 11.7. The van der Waals surface area contributed by atoms with Crippen LogP contribution in [0.3, 0.4) is 0 Å². The molecule has 0 radical (unpaired) electrons. The van der Waals surface area contributed by atoms with Crippen molar-refractivity contribution in [3.05, 3.63) is 0 Å². The third-order valence-corrected chi connectivity index (χ3v) is 4.23. The highest BCUT2D eigenvalue weighted by atomic mass is 16.4. The summed E-state index contributed by atoms with van der Waals surface area (Å²) < 4.78 is 0. The second kappa shape index (κ2) is 6.75. The molecular formula is C13H24N2O4. The Bertz CT molecular complexity index is 329. The number of nitrogens with one attached hydrogen (secondary N) is 1. The lowest BCUT2D eigenvalue weighted by Crippen LogP contribution is -2.49. The van der Waals surface area contributed by atoms with Gasteiger partial charge in [-0.1, -0.05) is 13.8 Å². The van der Waals surface area contributed by atoms with Gasteiger partial charge in [-0.05, 0) is 25.7 Å². The van der Waals surface area contributed by atoms with Gasteiger partial charge in [-0.15, -0.1) is 0 Å². The summed E-state index contributed by atoms with van der Waals surface area (Å²) in [6.07, 6.45) is 2.63. The Labute approximate surface area is 113 Å². The fraction of sp³-hybridized carbons (Fsp3) is 0.846. The lowest BCUT2D eigenvalue weighted by Gasteiger charge is -2.29. The van der Waals surface area contributed by atoms with Crippen molar-refractivity contribution >= 4 is 12.0 Å². The van der Waals surface area contributed by atoms with Crippen molar-refractivity contribution in [1.82, 2.24) is 10.2 Å². The molecule has 0 bridgehead atoms. The fourth-order valence-corrected chi connectivity index (χ4v) is 2.52. The summed E-state index contributed by atoms with van der Waals surface area (Å²) in [7, 11) is 0. The minimum atomic E-state index is -0.899. The Morgan fingerprint density at radius 1 is 1.37 bits per heavy atom. The average molecular weight is 272 g/mol. The minimum Gasteiger partial charge on any atom is -0.481 e. The topological polar surface area (TPSA) is 89.9 Å². The van der Waals surface area contributed by atoms with Crippen molar-refractivity contribution in [3.8, 4) is 0 Å². The standard InChI is InChI=1S/C13H24N2O4/c1-3-13(4-2,11(17)18)9-14-12(19)15-7-5-6-10(15)8-16/h10,16H,3-9H2,1-2H3,(H,14,19)(H,17,18). The van der Waals surface area contributed by atoms with Crippen LogP contribution in [-0.2, 0) is 4.79 Å². The van der Waals surface area contributed by atoms with E-state index in [1.807, 2.05) is 13.8 Å². The van der Waals surface area contributed by atoms with Gasteiger partial charge in [0.05, 0.1) is 18.1 Å². The van der Waals surface area contributed by atoms with Gasteiger partial charge in [0.25, 0.3) is 0 Å². The van der Waals surface area contributed by atoms with Crippen molar-refractivity contribution in [2.24, 2.45) is 5.41 Å². The molecule has 1 rings (SSSR count). The van der Waals surface area contributed by atoms with Crippen molar-refractivity contribution in [2.75, 3.05) is 19.7 Å². The number of likely N-dealkylation sites (tertiary alicyclic amines) is 1. The van der Waals surface area contributed by atoms with Crippen LogP contribution in [0.4, 0.5) is 4.79 Å². The van der Waals surface area contributed by atoms with Gasteiger partial charge in [-0.25, -0.2) is 4.79 Å². The van der Waals surface area contributed by atoms with E-state index in [0.29, 0.717) is 19.4 Å². The Morgan fingerprint density at radius 2 is 2.00 bits per heavy atom. The van der Waals surface area contributed by atoms with Gasteiger partial charge in [0, 0.05) is 13.1 Å². The third kappa shape index (κ3) is 3.37. The fourth-order valence-electron chi connectivity index (χ4n) is 2.52. The summed E-state index contributed by atoms with van der Waals surface area (Å²) in [4.78, 5) is 25.0. The third-order valence-electron chi connectivity index (χ3n) is 4.23. The number of carbonyl (C=O) groups is 2. The van der Waals surface area contributed by atoms with Crippen LogP contribution in [0.25, 0.3) is 0 Å². The maximum atomic E-state index is 12.0. The maximum absolute atomic E-state index is 12.0. The highest BCUT2D eigenvalue weighted by Gasteiger charge is 2.36. The van der Waals surface area contributed by atoms with Crippen LogP contribution in [-0.4, -0.2) is 52.9 Å². The number of hydrogen-bond acceptors (Lipinski definition) is 3. The van der Waals surface area contributed by atoms with Gasteiger partial charge in [0.1, 0.15) is 0 Å². The lowest BCUT2D eigenvalue weighted by molar-refractivity contribution is -0.149. The number of carbonyl (C=O) groups excluding carboxylic acids is 1. The number of amides is 2. The van der Waals surface area contributed by atoms with Gasteiger partial charge in [0.15, 0.2) is 0 Å². The number of carboxylic acid groups (broad SMARTS) is 1. The SMILES string of the molecule is CCC(CC)(CNC(=O)N1CCCC1CO)C(=O)O. The van der Waals surface area contributed by atoms with Crippen molar-refractivity contribution in [1.29, 1.82) is 0 Å². The molecule has 1 heterocycles. The molecule has 3 N–H and O–H groups in total. The first-order valence-corrected chi connectivity index (χ1v) is 6.89. The normalized spacial score (nSPS) is 19.5. The summed E-state index contributed by atoms with van der Waals surface area (Å²) in [5.74, 6) is -0.877. The minimum absolute atomic E-state index is 0.0426. The van der Waals surface area contributed by atoms with Crippen LogP contribution >= 0.6 is 0 Å². The number of aliphatic hydroxyl groups is 1. The van der Waals surface area contributed by atoms with Crippen LogP contribution in [0.1, 0.15) is 39.5 Å². The van der Waals surface area contributed by atoms with E-state index < -0.39 is 11.4 Å². The summed E-state index contributed by atoms with van der Waals surface area (Å²) in [6.45, 7) is 4.34. The second-order valence-corrected chi connectivity index (χ2v) is 5.12. The number of rotatable bonds is 6. The van der Waals surface area contributed by atoms with Crippen molar-refractivity contribution < 1.29 is 19.8 Å². The molecule has 0 aromatic heterocycles. The first-order chi connectivity index (χ1) is 9.00. The zero-order valence-electron chi connectivity index (χ0n) is 11.7. The summed E-state index contributed by atoms with van der Waals surface area (Å²) >= 11 is 0. The molecule has 0 saturated carbocycles. The van der Waals surface area contributed by atoms with Crippen LogP contribution in [0.5, 0.6) is 0 Å². The van der Waals surface area contributed by atoms with Gasteiger partial charge in [-0.2, -0.15) is 0 Å². The molecule has 1 aliphatic rings. The van der Waals surface area contributed by atoms with Gasteiger partial charge in [-0.3, -0.25) is 4.79 Å². The van der Waals surface area contributed by atoms with E-state index in [4.69, 9.17) is 0 Å². The summed E-state index contributed by atoms with van der Waals surface area (Å²) in [5, 5.41) is 21.2. The van der Waals surface area contributed by atoms with Gasteiger partial charge in [0.2, 0.25) is 0 Å². The predicted octanol–water partition coefficient (Wildman–Crippen LogP) is 1.04. The number of hydrogen-bond donors (Lipinski definition) is 3. The van der Waals surface area contributed by atoms with Crippen LogP contribution in [0.2, 0.25) is 0 Å². The first-order valence-electron chi connectivity index (χ1n) is 6.89. The summed E-state index contributed by atoms with van der Waals surface area (Å²) in [6, 6.07) is -0.411. The molecule has 110 valence electrons. The quantitative estimate of drug-likeness (QED) is 0.674. The molecule has 1 fully saturated rings. The molecular weight excluding hydrogens is 248 g/mol. The van der Waals surface area contributed by atoms with E-state index in [-0.39, 0.29) is 25.2 Å². The maximum Gasteiger partial charge on any atom is 0.317 e. The first kappa shape index (κ1) is 15.8. The van der Waals surface area contributed by atoms with Crippen molar-refractivity contribution in [2.45, 2.75) is 45.6 Å². The van der Waals surface area contributed by atoms with Crippen molar-refractivity contribution in [3.63, 3.8) is 0 Å². The molecule has 1 aliphatic heterocycles. The molecule has 6 nitrogen and oxygen atoms in total. The number of carboxylic acids is 1. The Hall–Kier alpha value is -1.30. The Kier molecular flexibility index (Phi) is 5.60. The van der Waals surface area contributed by atoms with E-state index in [0.717, 1.165) is 12.8 Å². The van der Waals surface area contributed by atoms with E-state index in [9.17, 15) is 19.8 Å². The molecule has 0 spiro atoms. The number of nitrogens with zero attached hydrogens (tertiary/aromatic N) is 1. The van der Waals surface area contributed by atoms with Gasteiger partial charge >= 0.3 is 12.0 Å². The van der Waals surface area contributed by atoms with E-state index in [1.165, 1.54) is 0 Å². The average Bonchev–Trinajstić information content (AvgIpc) is 2.88. The van der Waals surface area contributed by atoms with E-state index >= 15 is 0 Å². The Morgan fingerprint density at radius 3 is 2.47 bits per heavy atom. The molecule has 6 heteroatoms. The molecule has 1 saturated heterocycles. The zero-order chi connectivity index (χ0) is 14.5. The molecule has 1 unspecified atom stereocenters. The van der Waals surface area contributed by atoms with Crippen LogP contribution in [0, 0.1) is 5.41 Å². The molecule has 1 atom stereocenters.